The van der Waals surface area contributed by atoms with Gasteiger partial charge in [0.2, 0.25) is 11.7 Å². The molecule has 2 aromatic carbocycles. The average molecular weight is 539 g/mol. The van der Waals surface area contributed by atoms with Gasteiger partial charge in [0, 0.05) is 24.1 Å². The van der Waals surface area contributed by atoms with Crippen LogP contribution >= 0.6 is 0 Å². The number of aliphatic hydroxyl groups excluding tert-OH is 2. The lowest BCUT2D eigenvalue weighted by Crippen LogP contribution is -2.33. The number of hydrogen-bond acceptors (Lipinski definition) is 8. The van der Waals surface area contributed by atoms with Gasteiger partial charge in [-0.15, -0.1) is 0 Å². The molecule has 1 amide bonds. The highest BCUT2D eigenvalue weighted by molar-refractivity contribution is 5.78. The smallest absolute Gasteiger partial charge is 0.258 e. The summed E-state index contributed by atoms with van der Waals surface area (Å²) in [5, 5.41) is 24.0. The van der Waals surface area contributed by atoms with E-state index in [-0.39, 0.29) is 13.0 Å². The van der Waals surface area contributed by atoms with Crippen LogP contribution in [-0.2, 0) is 17.8 Å². The third-order valence-corrected chi connectivity index (χ3v) is 6.89. The Bertz CT molecular complexity index is 1250. The number of rotatable bonds is 14. The molecule has 0 radical (unpaired) electrons. The van der Waals surface area contributed by atoms with Crippen LogP contribution in [0.2, 0.25) is 0 Å². The second-order valence-electron chi connectivity index (χ2n) is 10.3. The summed E-state index contributed by atoms with van der Waals surface area (Å²) in [5.74, 6) is 1.09. The first-order valence-corrected chi connectivity index (χ1v) is 13.7. The maximum absolute atomic E-state index is 11.1. The lowest BCUT2D eigenvalue weighted by Gasteiger charge is -2.19. The predicted octanol–water partition coefficient (Wildman–Crippen LogP) is 4.22. The molecule has 0 spiro atoms. The molecule has 9 heteroatoms. The van der Waals surface area contributed by atoms with Gasteiger partial charge in [0.15, 0.2) is 0 Å². The topological polar surface area (TPSA) is 135 Å². The van der Waals surface area contributed by atoms with Crippen LogP contribution in [0, 0.1) is 6.92 Å². The van der Waals surface area contributed by atoms with Crippen LogP contribution in [0.3, 0.4) is 0 Å². The third kappa shape index (κ3) is 7.88. The van der Waals surface area contributed by atoms with E-state index in [2.05, 4.69) is 56.0 Å². The summed E-state index contributed by atoms with van der Waals surface area (Å²) in [4.78, 5) is 18.2. The van der Waals surface area contributed by atoms with Crippen molar-refractivity contribution in [1.82, 2.24) is 15.0 Å². The molecule has 0 saturated heterocycles. The number of nitrogens with zero attached hydrogens (tertiary/aromatic N) is 3. The molecule has 4 N–H and O–H groups in total. The quantitative estimate of drug-likeness (QED) is 0.278. The average Bonchev–Trinajstić information content (AvgIpc) is 3.40. The molecule has 9 nitrogen and oxygen atoms in total. The van der Waals surface area contributed by atoms with Gasteiger partial charge in [-0.25, -0.2) is 0 Å². The molecule has 1 unspecified atom stereocenters. The van der Waals surface area contributed by atoms with E-state index in [4.69, 9.17) is 20.0 Å². The Kier molecular flexibility index (Phi) is 10.6. The summed E-state index contributed by atoms with van der Waals surface area (Å²) in [6.07, 6.45) is -1.96. The Morgan fingerprint density at radius 2 is 1.79 bits per heavy atom. The molecule has 212 valence electrons. The van der Waals surface area contributed by atoms with Crippen LogP contribution in [-0.4, -0.2) is 63.1 Å². The largest absolute Gasteiger partial charge is 0.490 e. The Morgan fingerprint density at radius 1 is 1.08 bits per heavy atom. The van der Waals surface area contributed by atoms with Gasteiger partial charge in [-0.2, -0.15) is 4.98 Å². The normalized spacial score (nSPS) is 13.2. The third-order valence-electron chi connectivity index (χ3n) is 6.89. The molecule has 1 aromatic heterocycles. The first-order chi connectivity index (χ1) is 18.6. The minimum Gasteiger partial charge on any atom is -0.490 e. The molecular formula is C30H42N4O5. The standard InChI is InChI=1S/C30H42N4O5/c1-7-21-13-23(10-19(6)27(21)38-17-25(35)15-26(36)28(31)37)29-32-30(39-33-29)24-12-20(16-34(8-2)9-3)11-22(14-24)18(4)5/h10-14,18,25-26,35-36H,7-9,15-17H2,1-6H3,(H2,31,37)/t25-,26?/m0/s1. The van der Waals surface area contributed by atoms with E-state index in [1.165, 1.54) is 11.1 Å². The second kappa shape index (κ2) is 13.7. The molecule has 2 atom stereocenters. The number of aliphatic hydroxyl groups is 2. The van der Waals surface area contributed by atoms with Crippen molar-refractivity contribution in [3.05, 3.63) is 52.6 Å². The fraction of sp³-hybridized carbons (Fsp3) is 0.500. The van der Waals surface area contributed by atoms with Crippen LogP contribution in [0.15, 0.2) is 34.9 Å². The van der Waals surface area contributed by atoms with Crippen molar-refractivity contribution in [3.8, 4) is 28.6 Å². The van der Waals surface area contributed by atoms with Gasteiger partial charge in [-0.3, -0.25) is 9.69 Å². The molecule has 3 aromatic rings. The maximum Gasteiger partial charge on any atom is 0.258 e. The summed E-state index contributed by atoms with van der Waals surface area (Å²) in [7, 11) is 0. The van der Waals surface area contributed by atoms with E-state index < -0.39 is 18.1 Å². The highest BCUT2D eigenvalue weighted by Gasteiger charge is 2.20. The fourth-order valence-corrected chi connectivity index (χ4v) is 4.50. The first-order valence-electron chi connectivity index (χ1n) is 13.7. The zero-order chi connectivity index (χ0) is 28.7. The number of aromatic nitrogens is 2. The summed E-state index contributed by atoms with van der Waals surface area (Å²) in [6.45, 7) is 15.4. The number of carbonyl (C=O) groups is 1. The van der Waals surface area contributed by atoms with E-state index in [0.29, 0.717) is 29.8 Å². The van der Waals surface area contributed by atoms with Crippen molar-refractivity contribution in [2.75, 3.05) is 19.7 Å². The van der Waals surface area contributed by atoms with Crippen LogP contribution in [0.25, 0.3) is 22.8 Å². The molecule has 0 bridgehead atoms. The van der Waals surface area contributed by atoms with Crippen LogP contribution < -0.4 is 10.5 Å². The summed E-state index contributed by atoms with van der Waals surface area (Å²) in [5.41, 5.74) is 11.0. The van der Waals surface area contributed by atoms with E-state index in [1.54, 1.807) is 0 Å². The van der Waals surface area contributed by atoms with Crippen molar-refractivity contribution in [1.29, 1.82) is 0 Å². The number of aryl methyl sites for hydroxylation is 2. The van der Waals surface area contributed by atoms with Gasteiger partial charge in [-0.1, -0.05) is 45.8 Å². The number of benzene rings is 2. The number of carbonyl (C=O) groups excluding carboxylic acids is 1. The van der Waals surface area contributed by atoms with Gasteiger partial charge >= 0.3 is 0 Å². The zero-order valence-electron chi connectivity index (χ0n) is 23.9. The van der Waals surface area contributed by atoms with Crippen LogP contribution in [0.1, 0.15) is 69.2 Å². The Balaban J connectivity index is 1.86. The predicted molar refractivity (Wildman–Crippen MR) is 151 cm³/mol. The van der Waals surface area contributed by atoms with Crippen molar-refractivity contribution < 1.29 is 24.3 Å². The van der Waals surface area contributed by atoms with Gasteiger partial charge < -0.3 is 25.2 Å². The van der Waals surface area contributed by atoms with Gasteiger partial charge in [0.1, 0.15) is 18.5 Å². The highest BCUT2D eigenvalue weighted by atomic mass is 16.5. The van der Waals surface area contributed by atoms with Crippen molar-refractivity contribution in [3.63, 3.8) is 0 Å². The van der Waals surface area contributed by atoms with E-state index in [0.717, 1.165) is 41.9 Å². The molecule has 0 aliphatic carbocycles. The molecule has 0 aliphatic rings. The highest BCUT2D eigenvalue weighted by Crippen LogP contribution is 2.32. The monoisotopic (exact) mass is 538 g/mol. The maximum atomic E-state index is 11.1. The van der Waals surface area contributed by atoms with E-state index in [9.17, 15) is 15.0 Å². The molecule has 0 saturated carbocycles. The Hall–Kier alpha value is -3.27. The minimum absolute atomic E-state index is 0.0775. The summed E-state index contributed by atoms with van der Waals surface area (Å²) >= 11 is 0. The number of primary amides is 1. The molecule has 1 heterocycles. The SMILES string of the molecule is CCc1cc(-c2noc(-c3cc(CN(CC)CC)cc(C(C)C)c3)n2)cc(C)c1OC[C@@H](O)CC(O)C(N)=O. The molecule has 0 fully saturated rings. The molecule has 39 heavy (non-hydrogen) atoms. The second-order valence-corrected chi connectivity index (χ2v) is 10.3. The minimum atomic E-state index is -1.42. The lowest BCUT2D eigenvalue weighted by molar-refractivity contribution is -0.127. The Labute approximate surface area is 231 Å². The molecule has 3 rings (SSSR count). The number of hydrogen-bond donors (Lipinski definition) is 3. The van der Waals surface area contributed by atoms with E-state index in [1.807, 2.05) is 26.0 Å². The van der Waals surface area contributed by atoms with Crippen molar-refractivity contribution in [2.24, 2.45) is 5.73 Å². The van der Waals surface area contributed by atoms with Crippen LogP contribution in [0.4, 0.5) is 0 Å². The fourth-order valence-electron chi connectivity index (χ4n) is 4.50. The molecule has 0 aliphatic heterocycles. The number of amides is 1. The van der Waals surface area contributed by atoms with Gasteiger partial charge in [0.05, 0.1) is 6.10 Å². The van der Waals surface area contributed by atoms with Gasteiger partial charge in [-0.05, 0) is 78.9 Å². The lowest BCUT2D eigenvalue weighted by atomic mass is 9.97. The summed E-state index contributed by atoms with van der Waals surface area (Å²) < 4.78 is 11.6. The van der Waals surface area contributed by atoms with E-state index >= 15 is 0 Å². The summed E-state index contributed by atoms with van der Waals surface area (Å²) in [6, 6.07) is 10.4. The van der Waals surface area contributed by atoms with Gasteiger partial charge in [0.25, 0.3) is 5.89 Å². The van der Waals surface area contributed by atoms with Crippen molar-refractivity contribution in [2.45, 2.75) is 79.1 Å². The Morgan fingerprint density at radius 3 is 2.41 bits per heavy atom. The zero-order valence-corrected chi connectivity index (χ0v) is 23.9. The number of nitrogens with two attached hydrogens (primary N) is 1. The number of ether oxygens (including phenoxy) is 1. The van der Waals surface area contributed by atoms with Crippen molar-refractivity contribution >= 4 is 5.91 Å². The van der Waals surface area contributed by atoms with Crippen LogP contribution in [0.5, 0.6) is 5.75 Å². The first kappa shape index (κ1) is 30.3. The molecular weight excluding hydrogens is 496 g/mol.